The van der Waals surface area contributed by atoms with Gasteiger partial charge in [-0.1, -0.05) is 26.7 Å². The molecule has 1 saturated heterocycles. The van der Waals surface area contributed by atoms with Gasteiger partial charge >= 0.3 is 0 Å². The minimum atomic E-state index is -0.539. The Morgan fingerprint density at radius 1 is 1.31 bits per heavy atom. The third-order valence-corrected chi connectivity index (χ3v) is 4.05. The average Bonchev–Trinajstić information content (AvgIpc) is 2.71. The topological polar surface area (TPSA) is 49.4 Å². The fourth-order valence-corrected chi connectivity index (χ4v) is 2.88. The van der Waals surface area contributed by atoms with E-state index in [-0.39, 0.29) is 23.8 Å². The normalized spacial score (nSPS) is 29.0. The fraction of sp³-hybridized carbons (Fsp3) is 0.833. The maximum absolute atomic E-state index is 12.2. The first-order chi connectivity index (χ1) is 7.49. The molecule has 1 aliphatic heterocycles. The van der Waals surface area contributed by atoms with Crippen LogP contribution in [0.15, 0.2) is 0 Å². The van der Waals surface area contributed by atoms with Crippen LogP contribution >= 0.6 is 0 Å². The Labute approximate surface area is 96.4 Å². The monoisotopic (exact) mass is 224 g/mol. The van der Waals surface area contributed by atoms with Gasteiger partial charge in [0.25, 0.3) is 0 Å². The molecular weight excluding hydrogens is 204 g/mol. The Bertz CT molecular complexity index is 317. The molecule has 1 saturated carbocycles. The predicted molar refractivity (Wildman–Crippen MR) is 60.7 cm³/mol. The predicted octanol–water partition coefficient (Wildman–Crippen LogP) is 0.912. The lowest BCUT2D eigenvalue weighted by molar-refractivity contribution is -0.156. The molecule has 0 aromatic rings. The highest BCUT2D eigenvalue weighted by Gasteiger charge is 2.52. The van der Waals surface area contributed by atoms with Gasteiger partial charge in [-0.05, 0) is 18.8 Å². The number of piperazine rings is 1. The van der Waals surface area contributed by atoms with Crippen LogP contribution in [-0.4, -0.2) is 35.3 Å². The third-order valence-electron chi connectivity index (χ3n) is 4.05. The number of carbonyl (C=O) groups is 2. The quantitative estimate of drug-likeness (QED) is 0.720. The Balaban J connectivity index is 2.28. The van der Waals surface area contributed by atoms with Crippen molar-refractivity contribution < 1.29 is 9.59 Å². The summed E-state index contributed by atoms with van der Waals surface area (Å²) < 4.78 is 0. The van der Waals surface area contributed by atoms with E-state index in [9.17, 15) is 9.59 Å². The summed E-state index contributed by atoms with van der Waals surface area (Å²) in [6, 6.07) is -0.344. The zero-order valence-corrected chi connectivity index (χ0v) is 10.2. The molecule has 1 spiro atoms. The number of amides is 2. The van der Waals surface area contributed by atoms with Crippen LogP contribution in [0.4, 0.5) is 0 Å². The van der Waals surface area contributed by atoms with Crippen molar-refractivity contribution in [1.29, 1.82) is 0 Å². The number of rotatable bonds is 1. The Morgan fingerprint density at radius 3 is 2.38 bits per heavy atom. The molecule has 0 radical (unpaired) electrons. The first-order valence-corrected chi connectivity index (χ1v) is 6.08. The van der Waals surface area contributed by atoms with Crippen LogP contribution in [0.25, 0.3) is 0 Å². The molecule has 2 aliphatic rings. The van der Waals surface area contributed by atoms with Crippen molar-refractivity contribution in [2.45, 2.75) is 51.1 Å². The summed E-state index contributed by atoms with van der Waals surface area (Å²) >= 11 is 0. The van der Waals surface area contributed by atoms with Crippen molar-refractivity contribution in [1.82, 2.24) is 10.2 Å². The number of hydrogen-bond acceptors (Lipinski definition) is 2. The minimum Gasteiger partial charge on any atom is -0.342 e. The van der Waals surface area contributed by atoms with E-state index in [4.69, 9.17) is 0 Å². The van der Waals surface area contributed by atoms with Gasteiger partial charge in [0, 0.05) is 7.05 Å². The van der Waals surface area contributed by atoms with Gasteiger partial charge in [0.1, 0.15) is 11.6 Å². The standard InChI is InChI=1S/C12H20N2O2/c1-8(2)9-10(15)14(3)12(11(16)13-9)6-4-5-7-12/h8-9H,4-7H2,1-3H3,(H,13,16). The zero-order chi connectivity index (χ0) is 11.9. The molecule has 0 aromatic heterocycles. The van der Waals surface area contributed by atoms with Gasteiger partial charge in [0.2, 0.25) is 11.8 Å². The van der Waals surface area contributed by atoms with Gasteiger partial charge in [-0.15, -0.1) is 0 Å². The highest BCUT2D eigenvalue weighted by Crippen LogP contribution is 2.37. The summed E-state index contributed by atoms with van der Waals surface area (Å²) in [6.07, 6.45) is 3.70. The zero-order valence-electron chi connectivity index (χ0n) is 10.2. The van der Waals surface area contributed by atoms with E-state index >= 15 is 0 Å². The van der Waals surface area contributed by atoms with Crippen LogP contribution in [0.5, 0.6) is 0 Å². The van der Waals surface area contributed by atoms with Gasteiger partial charge in [0.05, 0.1) is 0 Å². The number of nitrogens with zero attached hydrogens (tertiary/aromatic N) is 1. The first kappa shape index (κ1) is 11.4. The SMILES string of the molecule is CC(C)C1NC(=O)C2(CCCC2)N(C)C1=O. The smallest absolute Gasteiger partial charge is 0.246 e. The fourth-order valence-electron chi connectivity index (χ4n) is 2.88. The Hall–Kier alpha value is -1.06. The summed E-state index contributed by atoms with van der Waals surface area (Å²) in [7, 11) is 1.78. The Kier molecular flexibility index (Phi) is 2.68. The summed E-state index contributed by atoms with van der Waals surface area (Å²) in [6.45, 7) is 3.92. The molecule has 0 aromatic carbocycles. The second-order valence-electron chi connectivity index (χ2n) is 5.33. The van der Waals surface area contributed by atoms with Crippen LogP contribution in [0, 0.1) is 5.92 Å². The molecule has 1 atom stereocenters. The number of hydrogen-bond donors (Lipinski definition) is 1. The highest BCUT2D eigenvalue weighted by atomic mass is 16.2. The lowest BCUT2D eigenvalue weighted by Gasteiger charge is -2.45. The van der Waals surface area contributed by atoms with Gasteiger partial charge in [-0.2, -0.15) is 0 Å². The molecular formula is C12H20N2O2. The molecule has 4 heteroatoms. The maximum Gasteiger partial charge on any atom is 0.246 e. The van der Waals surface area contributed by atoms with E-state index in [2.05, 4.69) is 5.32 Å². The molecule has 1 aliphatic carbocycles. The van der Waals surface area contributed by atoms with Crippen LogP contribution in [-0.2, 0) is 9.59 Å². The molecule has 2 fully saturated rings. The van der Waals surface area contributed by atoms with E-state index in [1.807, 2.05) is 13.8 Å². The molecule has 90 valence electrons. The van der Waals surface area contributed by atoms with E-state index in [0.29, 0.717) is 0 Å². The van der Waals surface area contributed by atoms with E-state index in [1.165, 1.54) is 0 Å². The van der Waals surface area contributed by atoms with E-state index < -0.39 is 5.54 Å². The summed E-state index contributed by atoms with van der Waals surface area (Å²) in [5.41, 5.74) is -0.539. The number of likely N-dealkylation sites (N-methyl/N-ethyl adjacent to an activating group) is 1. The summed E-state index contributed by atoms with van der Waals surface area (Å²) in [5.74, 6) is 0.264. The van der Waals surface area contributed by atoms with Gasteiger partial charge in [-0.3, -0.25) is 9.59 Å². The molecule has 1 heterocycles. The maximum atomic E-state index is 12.2. The average molecular weight is 224 g/mol. The number of nitrogens with one attached hydrogen (secondary N) is 1. The second-order valence-corrected chi connectivity index (χ2v) is 5.33. The van der Waals surface area contributed by atoms with Crippen molar-refractivity contribution in [3.05, 3.63) is 0 Å². The largest absolute Gasteiger partial charge is 0.342 e. The molecule has 16 heavy (non-hydrogen) atoms. The highest BCUT2D eigenvalue weighted by molar-refractivity contribution is 6.00. The van der Waals surface area contributed by atoms with Crippen molar-refractivity contribution in [3.63, 3.8) is 0 Å². The van der Waals surface area contributed by atoms with Crippen LogP contribution in [0.1, 0.15) is 39.5 Å². The number of carbonyl (C=O) groups excluding carboxylic acids is 2. The molecule has 0 bridgehead atoms. The van der Waals surface area contributed by atoms with Crippen molar-refractivity contribution in [2.75, 3.05) is 7.05 Å². The van der Waals surface area contributed by atoms with Crippen LogP contribution in [0.2, 0.25) is 0 Å². The van der Waals surface area contributed by atoms with Crippen molar-refractivity contribution in [2.24, 2.45) is 5.92 Å². The van der Waals surface area contributed by atoms with Crippen molar-refractivity contribution in [3.8, 4) is 0 Å². The molecule has 1 unspecified atom stereocenters. The molecule has 2 rings (SSSR count). The molecule has 2 amide bonds. The third kappa shape index (κ3) is 1.43. The van der Waals surface area contributed by atoms with Crippen molar-refractivity contribution >= 4 is 11.8 Å². The lowest BCUT2D eigenvalue weighted by atomic mass is 9.87. The Morgan fingerprint density at radius 2 is 1.88 bits per heavy atom. The minimum absolute atomic E-state index is 0.0470. The van der Waals surface area contributed by atoms with E-state index in [0.717, 1.165) is 25.7 Å². The summed E-state index contributed by atoms with van der Waals surface area (Å²) in [4.78, 5) is 26.1. The molecule has 1 N–H and O–H groups in total. The van der Waals surface area contributed by atoms with E-state index in [1.54, 1.807) is 11.9 Å². The molecule has 4 nitrogen and oxygen atoms in total. The van der Waals surface area contributed by atoms with Gasteiger partial charge in [-0.25, -0.2) is 0 Å². The van der Waals surface area contributed by atoms with Crippen LogP contribution < -0.4 is 5.32 Å². The van der Waals surface area contributed by atoms with Crippen LogP contribution in [0.3, 0.4) is 0 Å². The van der Waals surface area contributed by atoms with Gasteiger partial charge < -0.3 is 10.2 Å². The first-order valence-electron chi connectivity index (χ1n) is 6.08. The summed E-state index contributed by atoms with van der Waals surface area (Å²) in [5, 5.41) is 2.90. The van der Waals surface area contributed by atoms with Gasteiger partial charge in [0.15, 0.2) is 0 Å². The second kappa shape index (κ2) is 3.75. The lowest BCUT2D eigenvalue weighted by Crippen LogP contribution is -2.69.